The maximum absolute atomic E-state index is 13.1. The van der Waals surface area contributed by atoms with Crippen LogP contribution in [0.15, 0.2) is 54.6 Å². The Bertz CT molecular complexity index is 1330. The van der Waals surface area contributed by atoms with Crippen molar-refractivity contribution in [3.05, 3.63) is 93.8 Å². The third-order valence-electron chi connectivity index (χ3n) is 7.85. The zero-order valence-corrected chi connectivity index (χ0v) is 22.3. The highest BCUT2D eigenvalue weighted by Gasteiger charge is 2.29. The minimum Gasteiger partial charge on any atom is -0.369 e. The molecule has 3 aromatic rings. The van der Waals surface area contributed by atoms with Crippen LogP contribution in [0.1, 0.15) is 55.2 Å². The molecular weight excluding hydrogens is 488 g/mol. The summed E-state index contributed by atoms with van der Waals surface area (Å²) in [6.45, 7) is 9.96. The molecule has 39 heavy (non-hydrogen) atoms. The predicted molar refractivity (Wildman–Crippen MR) is 152 cm³/mol. The fourth-order valence-electron chi connectivity index (χ4n) is 5.74. The summed E-state index contributed by atoms with van der Waals surface area (Å²) in [6.07, 6.45) is 1.11. The van der Waals surface area contributed by atoms with Gasteiger partial charge in [-0.15, -0.1) is 0 Å². The van der Waals surface area contributed by atoms with Gasteiger partial charge in [-0.3, -0.25) is 19.5 Å². The molecule has 0 unspecified atom stereocenters. The second-order valence-electron chi connectivity index (χ2n) is 10.6. The zero-order valence-electron chi connectivity index (χ0n) is 22.3. The maximum Gasteiger partial charge on any atom is 0.194 e. The minimum atomic E-state index is -0.0637. The SMILES string of the molecule is O=C1c2ccccc2C(=O)c2cc(CN3CCN(c4cc5nc(c4)CNCCNCCCNC5)CC3)ccc21. The van der Waals surface area contributed by atoms with Crippen molar-refractivity contribution in [3.63, 3.8) is 0 Å². The highest BCUT2D eigenvalue weighted by atomic mass is 16.1. The second kappa shape index (κ2) is 11.8. The molecule has 1 aliphatic carbocycles. The number of piperazine rings is 1. The average Bonchev–Trinajstić information content (AvgIpc) is 2.98. The molecule has 2 aliphatic heterocycles. The number of hydrogen-bond donors (Lipinski definition) is 3. The van der Waals surface area contributed by atoms with Crippen molar-refractivity contribution >= 4 is 17.3 Å². The lowest BCUT2D eigenvalue weighted by Crippen LogP contribution is -2.46. The summed E-state index contributed by atoms with van der Waals surface area (Å²) < 4.78 is 0. The van der Waals surface area contributed by atoms with Crippen LogP contribution in [0.2, 0.25) is 0 Å². The summed E-state index contributed by atoms with van der Waals surface area (Å²) >= 11 is 0. The van der Waals surface area contributed by atoms with E-state index in [1.165, 1.54) is 5.69 Å². The van der Waals surface area contributed by atoms with Gasteiger partial charge in [-0.05, 0) is 49.3 Å². The van der Waals surface area contributed by atoms with E-state index in [9.17, 15) is 9.59 Å². The van der Waals surface area contributed by atoms with Crippen molar-refractivity contribution < 1.29 is 9.59 Å². The Balaban J connectivity index is 1.11. The van der Waals surface area contributed by atoms with E-state index in [0.717, 1.165) is 95.4 Å². The number of anilines is 1. The van der Waals surface area contributed by atoms with Crippen LogP contribution in [-0.2, 0) is 19.6 Å². The van der Waals surface area contributed by atoms with E-state index in [0.29, 0.717) is 22.3 Å². The van der Waals surface area contributed by atoms with Crippen LogP contribution in [0.25, 0.3) is 0 Å². The predicted octanol–water partition coefficient (Wildman–Crippen LogP) is 2.35. The number of fused-ring (bicyclic) bond motifs is 4. The Labute approximate surface area is 229 Å². The van der Waals surface area contributed by atoms with Crippen molar-refractivity contribution in [2.45, 2.75) is 26.1 Å². The molecule has 3 aliphatic rings. The standard InChI is InChI=1S/C31H36N6O2/c38-30-26-4-1-2-5-27(26)31(39)29-16-22(6-7-28(29)30)21-36-12-14-37(15-13-36)25-17-23-19-33-9-3-8-32-10-11-34-20-24(18-25)35-23/h1-2,4-7,16-18,32-34H,3,8-15,19-21H2. The molecule has 6 rings (SSSR count). The van der Waals surface area contributed by atoms with Gasteiger partial charge in [-0.25, -0.2) is 0 Å². The Morgan fingerprint density at radius 3 is 2.03 bits per heavy atom. The third kappa shape index (κ3) is 5.79. The van der Waals surface area contributed by atoms with Crippen LogP contribution in [0.4, 0.5) is 5.69 Å². The van der Waals surface area contributed by atoms with Gasteiger partial charge in [0.25, 0.3) is 0 Å². The lowest BCUT2D eigenvalue weighted by atomic mass is 9.83. The first-order valence-corrected chi connectivity index (χ1v) is 14.1. The van der Waals surface area contributed by atoms with Crippen LogP contribution < -0.4 is 20.9 Å². The monoisotopic (exact) mass is 524 g/mol. The van der Waals surface area contributed by atoms with Gasteiger partial charge in [-0.2, -0.15) is 0 Å². The molecule has 8 heteroatoms. The van der Waals surface area contributed by atoms with E-state index in [-0.39, 0.29) is 11.6 Å². The summed E-state index contributed by atoms with van der Waals surface area (Å²) in [5.74, 6) is -0.121. The number of nitrogens with one attached hydrogen (secondary N) is 3. The van der Waals surface area contributed by atoms with Gasteiger partial charge in [0, 0.05) is 86.8 Å². The molecule has 2 aromatic carbocycles. The molecule has 3 heterocycles. The Morgan fingerprint density at radius 2 is 1.28 bits per heavy atom. The molecule has 0 atom stereocenters. The van der Waals surface area contributed by atoms with Crippen molar-refractivity contribution in [3.8, 4) is 0 Å². The number of hydrogen-bond acceptors (Lipinski definition) is 8. The number of carbonyl (C=O) groups is 2. The van der Waals surface area contributed by atoms with Crippen molar-refractivity contribution in [1.29, 1.82) is 0 Å². The summed E-state index contributed by atoms with van der Waals surface area (Å²) in [6, 6.07) is 17.3. The third-order valence-corrected chi connectivity index (χ3v) is 7.85. The number of aromatic nitrogens is 1. The molecule has 0 amide bonds. The summed E-state index contributed by atoms with van der Waals surface area (Å²) in [5.41, 5.74) is 6.53. The first-order chi connectivity index (χ1) is 19.2. The highest BCUT2D eigenvalue weighted by Crippen LogP contribution is 2.28. The Kier molecular flexibility index (Phi) is 7.78. The van der Waals surface area contributed by atoms with Gasteiger partial charge < -0.3 is 20.9 Å². The minimum absolute atomic E-state index is 0.0574. The Hall–Kier alpha value is -3.43. The van der Waals surface area contributed by atoms with Gasteiger partial charge in [-0.1, -0.05) is 30.3 Å². The van der Waals surface area contributed by atoms with E-state index < -0.39 is 0 Å². The first kappa shape index (κ1) is 25.8. The molecule has 3 N–H and O–H groups in total. The number of rotatable bonds is 3. The smallest absolute Gasteiger partial charge is 0.194 e. The topological polar surface area (TPSA) is 89.6 Å². The number of nitrogens with zero attached hydrogens (tertiary/aromatic N) is 3. The molecule has 1 fully saturated rings. The van der Waals surface area contributed by atoms with Crippen LogP contribution in [0, 0.1) is 0 Å². The van der Waals surface area contributed by atoms with Gasteiger partial charge in [0.1, 0.15) is 0 Å². The molecule has 2 bridgehead atoms. The van der Waals surface area contributed by atoms with Crippen LogP contribution >= 0.6 is 0 Å². The molecular formula is C31H36N6O2. The van der Waals surface area contributed by atoms with Gasteiger partial charge >= 0.3 is 0 Å². The van der Waals surface area contributed by atoms with E-state index in [4.69, 9.17) is 4.98 Å². The molecule has 202 valence electrons. The molecule has 8 nitrogen and oxygen atoms in total. The van der Waals surface area contributed by atoms with Gasteiger partial charge in [0.15, 0.2) is 11.6 Å². The van der Waals surface area contributed by atoms with Crippen molar-refractivity contribution in [2.24, 2.45) is 0 Å². The Morgan fingerprint density at radius 1 is 0.667 bits per heavy atom. The number of benzene rings is 2. The largest absolute Gasteiger partial charge is 0.369 e. The first-order valence-electron chi connectivity index (χ1n) is 14.1. The van der Waals surface area contributed by atoms with Gasteiger partial charge in [0.05, 0.1) is 11.4 Å². The fourth-order valence-corrected chi connectivity index (χ4v) is 5.74. The summed E-state index contributed by atoms with van der Waals surface area (Å²) in [7, 11) is 0. The average molecular weight is 525 g/mol. The van der Waals surface area contributed by atoms with Crippen LogP contribution in [0.3, 0.4) is 0 Å². The molecule has 0 spiro atoms. The fraction of sp³-hybridized carbons (Fsp3) is 0.387. The maximum atomic E-state index is 13.1. The zero-order chi connectivity index (χ0) is 26.6. The normalized spacial score (nSPS) is 18.9. The van der Waals surface area contributed by atoms with Crippen molar-refractivity contribution in [1.82, 2.24) is 25.8 Å². The lowest BCUT2D eigenvalue weighted by molar-refractivity contribution is 0.0979. The van der Waals surface area contributed by atoms with E-state index in [1.54, 1.807) is 12.1 Å². The molecule has 0 saturated carbocycles. The van der Waals surface area contributed by atoms with Crippen LogP contribution in [0.5, 0.6) is 0 Å². The van der Waals surface area contributed by atoms with E-state index in [2.05, 4.69) is 37.9 Å². The summed E-state index contributed by atoms with van der Waals surface area (Å²) in [4.78, 5) is 35.8. The lowest BCUT2D eigenvalue weighted by Gasteiger charge is -2.36. The van der Waals surface area contributed by atoms with Crippen LogP contribution in [-0.4, -0.2) is 73.8 Å². The molecule has 1 aromatic heterocycles. The van der Waals surface area contributed by atoms with Gasteiger partial charge in [0.2, 0.25) is 0 Å². The highest BCUT2D eigenvalue weighted by molar-refractivity contribution is 6.28. The van der Waals surface area contributed by atoms with E-state index >= 15 is 0 Å². The van der Waals surface area contributed by atoms with Crippen molar-refractivity contribution in [2.75, 3.05) is 57.3 Å². The molecule has 1 saturated heterocycles. The van der Waals surface area contributed by atoms with E-state index in [1.807, 2.05) is 30.3 Å². The second-order valence-corrected chi connectivity index (χ2v) is 10.6. The molecule has 0 radical (unpaired) electrons. The number of pyridine rings is 1. The number of carbonyl (C=O) groups excluding carboxylic acids is 2. The number of ketones is 2. The summed E-state index contributed by atoms with van der Waals surface area (Å²) in [5, 5.41) is 10.5. The quantitative estimate of drug-likeness (QED) is 0.377.